The van der Waals surface area contributed by atoms with Crippen LogP contribution in [0.3, 0.4) is 0 Å². The van der Waals surface area contributed by atoms with Gasteiger partial charge in [-0.2, -0.15) is 0 Å². The maximum atomic E-state index is 13.0. The van der Waals surface area contributed by atoms with Crippen molar-refractivity contribution in [3.05, 3.63) is 65.0 Å². The van der Waals surface area contributed by atoms with E-state index in [9.17, 15) is 14.0 Å². The molecule has 3 N–H and O–H groups in total. The second kappa shape index (κ2) is 10.5. The molecule has 1 aliphatic heterocycles. The molecule has 3 rings (SSSR count). The van der Waals surface area contributed by atoms with E-state index in [1.807, 2.05) is 44.0 Å². The lowest BCUT2D eigenvalue weighted by molar-refractivity contribution is -0.896. The van der Waals surface area contributed by atoms with Gasteiger partial charge in [0.05, 0.1) is 33.2 Å². The number of quaternary nitrogens is 2. The molecule has 2 aromatic carbocycles. The predicted molar refractivity (Wildman–Crippen MR) is 119 cm³/mol. The number of rotatable bonds is 7. The number of halogens is 1. The number of para-hydroxylation sites is 1. The van der Waals surface area contributed by atoms with Crippen molar-refractivity contribution in [1.29, 1.82) is 0 Å². The number of likely N-dealkylation sites (N-methyl/N-ethyl adjacent to an activating group) is 1. The predicted octanol–water partition coefficient (Wildman–Crippen LogP) is -0.177. The Labute approximate surface area is 183 Å². The zero-order valence-corrected chi connectivity index (χ0v) is 18.6. The molecule has 1 aliphatic rings. The van der Waals surface area contributed by atoms with E-state index in [1.165, 1.54) is 17.0 Å². The van der Waals surface area contributed by atoms with Crippen LogP contribution in [0.1, 0.15) is 16.7 Å². The average Bonchev–Trinajstić information content (AvgIpc) is 2.73. The molecule has 0 radical (unpaired) electrons. The molecule has 0 aromatic heterocycles. The third kappa shape index (κ3) is 6.60. The fraction of sp³-hybridized carbons (Fsp3) is 0.417. The number of carbonyl (C=O) groups excluding carboxylic acids is 2. The average molecular weight is 429 g/mol. The summed E-state index contributed by atoms with van der Waals surface area (Å²) in [4.78, 5) is 29.3. The number of hydrogen-bond donors (Lipinski definition) is 3. The van der Waals surface area contributed by atoms with Crippen molar-refractivity contribution in [2.75, 3.05) is 51.6 Å². The summed E-state index contributed by atoms with van der Waals surface area (Å²) in [6.07, 6.45) is 0. The molecule has 1 unspecified atom stereocenters. The summed E-state index contributed by atoms with van der Waals surface area (Å²) in [5.41, 5.74) is 4.03. The molecule has 0 aliphatic carbocycles. The summed E-state index contributed by atoms with van der Waals surface area (Å²) in [6.45, 7) is 8.33. The third-order valence-corrected chi connectivity index (χ3v) is 5.85. The smallest absolute Gasteiger partial charge is 0.279 e. The molecule has 1 heterocycles. The van der Waals surface area contributed by atoms with Gasteiger partial charge in [0.2, 0.25) is 0 Å². The Morgan fingerprint density at radius 2 is 1.68 bits per heavy atom. The van der Waals surface area contributed by atoms with Crippen LogP contribution in [0.25, 0.3) is 0 Å². The largest absolute Gasteiger partial charge is 0.327 e. The van der Waals surface area contributed by atoms with Gasteiger partial charge in [0, 0.05) is 11.3 Å². The highest BCUT2D eigenvalue weighted by molar-refractivity contribution is 5.93. The van der Waals surface area contributed by atoms with E-state index in [0.29, 0.717) is 32.7 Å². The maximum Gasteiger partial charge on any atom is 0.279 e. The molecule has 2 aromatic rings. The summed E-state index contributed by atoms with van der Waals surface area (Å²) in [5, 5.41) is 3.05. The number of piperazine rings is 1. The van der Waals surface area contributed by atoms with Gasteiger partial charge in [0.1, 0.15) is 12.4 Å². The molecule has 1 saturated heterocycles. The molecule has 0 saturated carbocycles. The Balaban J connectivity index is 1.41. The molecule has 7 heteroatoms. The highest BCUT2D eigenvalue weighted by atomic mass is 19.1. The number of amides is 2. The van der Waals surface area contributed by atoms with Gasteiger partial charge in [0.15, 0.2) is 13.1 Å². The number of benzene rings is 2. The molecule has 0 spiro atoms. The van der Waals surface area contributed by atoms with Crippen LogP contribution in [-0.2, 0) is 16.1 Å². The van der Waals surface area contributed by atoms with Gasteiger partial charge in [0.25, 0.3) is 11.8 Å². The van der Waals surface area contributed by atoms with Crippen molar-refractivity contribution in [1.82, 2.24) is 4.90 Å². The lowest BCUT2D eigenvalue weighted by Crippen LogP contribution is -3.16. The first-order chi connectivity index (χ1) is 14.8. The Morgan fingerprint density at radius 1 is 1.06 bits per heavy atom. The van der Waals surface area contributed by atoms with Crippen LogP contribution >= 0.6 is 0 Å². The zero-order chi connectivity index (χ0) is 22.4. The van der Waals surface area contributed by atoms with Crippen LogP contribution in [0, 0.1) is 19.7 Å². The molecule has 2 amide bonds. The maximum absolute atomic E-state index is 13.0. The highest BCUT2D eigenvalue weighted by Crippen LogP contribution is 2.18. The molecule has 1 atom stereocenters. The van der Waals surface area contributed by atoms with Gasteiger partial charge in [-0.25, -0.2) is 4.39 Å². The summed E-state index contributed by atoms with van der Waals surface area (Å²) in [5.74, 6) is -0.116. The Kier molecular flexibility index (Phi) is 7.76. The Bertz CT molecular complexity index is 888. The topological polar surface area (TPSA) is 58.3 Å². The van der Waals surface area contributed by atoms with Crippen molar-refractivity contribution in [2.24, 2.45) is 0 Å². The van der Waals surface area contributed by atoms with E-state index in [-0.39, 0.29) is 17.6 Å². The van der Waals surface area contributed by atoms with Crippen molar-refractivity contribution in [3.63, 3.8) is 0 Å². The van der Waals surface area contributed by atoms with Crippen LogP contribution in [0.5, 0.6) is 0 Å². The van der Waals surface area contributed by atoms with Gasteiger partial charge in [-0.05, 0) is 37.1 Å². The quantitative estimate of drug-likeness (QED) is 0.573. The van der Waals surface area contributed by atoms with Crippen molar-refractivity contribution in [3.8, 4) is 0 Å². The second-order valence-corrected chi connectivity index (χ2v) is 8.56. The number of anilines is 1. The number of hydrogen-bond acceptors (Lipinski definition) is 2. The van der Waals surface area contributed by atoms with Crippen LogP contribution in [0.15, 0.2) is 42.5 Å². The van der Waals surface area contributed by atoms with Crippen molar-refractivity contribution >= 4 is 17.5 Å². The van der Waals surface area contributed by atoms with Crippen molar-refractivity contribution < 1.29 is 23.8 Å². The number of nitrogens with one attached hydrogen (secondary N) is 3. The molecular formula is C24H33FN4O2+2. The summed E-state index contributed by atoms with van der Waals surface area (Å²) in [7, 11) is 1.97. The van der Waals surface area contributed by atoms with E-state index in [1.54, 1.807) is 12.1 Å². The molecule has 1 fully saturated rings. The zero-order valence-electron chi connectivity index (χ0n) is 18.6. The fourth-order valence-electron chi connectivity index (χ4n) is 4.05. The summed E-state index contributed by atoms with van der Waals surface area (Å²) >= 11 is 0. The normalized spacial score (nSPS) is 15.5. The first-order valence-corrected chi connectivity index (χ1v) is 10.8. The van der Waals surface area contributed by atoms with E-state index < -0.39 is 0 Å². The first kappa shape index (κ1) is 22.9. The monoisotopic (exact) mass is 428 g/mol. The van der Waals surface area contributed by atoms with E-state index in [2.05, 4.69) is 5.32 Å². The van der Waals surface area contributed by atoms with Gasteiger partial charge in [-0.3, -0.25) is 9.59 Å². The minimum absolute atomic E-state index is 0.00986. The van der Waals surface area contributed by atoms with Crippen LogP contribution in [0.4, 0.5) is 10.1 Å². The summed E-state index contributed by atoms with van der Waals surface area (Å²) < 4.78 is 13.0. The third-order valence-electron chi connectivity index (χ3n) is 5.85. The Hall–Kier alpha value is -2.77. The number of carbonyl (C=O) groups is 2. The molecule has 166 valence electrons. The highest BCUT2D eigenvalue weighted by Gasteiger charge is 2.27. The SMILES string of the molecule is Cc1cccc(C)c1NC(=O)C[NH+]1CCN(C(=O)C[NH+](C)Cc2ccc(F)cc2)CC1. The van der Waals surface area contributed by atoms with Crippen LogP contribution in [0.2, 0.25) is 0 Å². The van der Waals surface area contributed by atoms with Gasteiger partial charge < -0.3 is 20.0 Å². The van der Waals surface area contributed by atoms with Gasteiger partial charge in [-0.1, -0.05) is 30.3 Å². The Morgan fingerprint density at radius 3 is 2.29 bits per heavy atom. The molecule has 6 nitrogen and oxygen atoms in total. The van der Waals surface area contributed by atoms with E-state index >= 15 is 0 Å². The van der Waals surface area contributed by atoms with Crippen LogP contribution in [-0.4, -0.2) is 63.0 Å². The van der Waals surface area contributed by atoms with E-state index in [0.717, 1.165) is 40.4 Å². The lowest BCUT2D eigenvalue weighted by Gasteiger charge is -2.32. The van der Waals surface area contributed by atoms with Crippen LogP contribution < -0.4 is 15.1 Å². The van der Waals surface area contributed by atoms with E-state index in [4.69, 9.17) is 0 Å². The fourth-order valence-corrected chi connectivity index (χ4v) is 4.05. The van der Waals surface area contributed by atoms with Gasteiger partial charge >= 0.3 is 0 Å². The summed E-state index contributed by atoms with van der Waals surface area (Å²) in [6, 6.07) is 12.4. The molecule has 0 bridgehead atoms. The number of nitrogens with zero attached hydrogens (tertiary/aromatic N) is 1. The van der Waals surface area contributed by atoms with Crippen molar-refractivity contribution in [2.45, 2.75) is 20.4 Å². The standard InChI is InChI=1S/C24H31FN4O2/c1-18-5-4-6-19(2)24(18)26-22(30)16-28-11-13-29(14-12-28)23(31)17-27(3)15-20-7-9-21(25)10-8-20/h4-10H,11-17H2,1-3H3,(H,26,30)/p+2. The minimum atomic E-state index is -0.249. The second-order valence-electron chi connectivity index (χ2n) is 8.56. The molecular weight excluding hydrogens is 395 g/mol. The van der Waals surface area contributed by atoms with Gasteiger partial charge in [-0.15, -0.1) is 0 Å². The molecule has 31 heavy (non-hydrogen) atoms. The lowest BCUT2D eigenvalue weighted by atomic mass is 10.1. The number of aryl methyl sites for hydroxylation is 2. The first-order valence-electron chi connectivity index (χ1n) is 10.8. The minimum Gasteiger partial charge on any atom is -0.327 e.